The van der Waals surface area contributed by atoms with Crippen molar-refractivity contribution in [1.82, 2.24) is 0 Å². The van der Waals surface area contributed by atoms with Gasteiger partial charge in [0.15, 0.2) is 0 Å². The molecule has 2 nitrogen and oxygen atoms in total. The van der Waals surface area contributed by atoms with Crippen molar-refractivity contribution in [3.05, 3.63) is 36.0 Å². The van der Waals surface area contributed by atoms with Crippen LogP contribution in [-0.2, 0) is 9.53 Å². The van der Waals surface area contributed by atoms with Gasteiger partial charge in [0.2, 0.25) is 0 Å². The maximum absolute atomic E-state index is 13.1. The number of fused-ring (bicyclic) bond motifs is 5. The molecule has 280 valence electrons. The molecule has 8 atom stereocenters. The number of hydrogen-bond donors (Lipinski definition) is 0. The van der Waals surface area contributed by atoms with Crippen molar-refractivity contribution in [2.75, 3.05) is 0 Å². The van der Waals surface area contributed by atoms with Crippen molar-refractivity contribution in [2.45, 2.75) is 200 Å². The van der Waals surface area contributed by atoms with Crippen LogP contribution >= 0.6 is 0 Å². The average molecular weight is 742 g/mol. The first-order valence-electron chi connectivity index (χ1n) is 21.5. The van der Waals surface area contributed by atoms with Gasteiger partial charge in [-0.05, 0) is 25.2 Å². The molecule has 0 heterocycles. The maximum atomic E-state index is 13.1. The van der Waals surface area contributed by atoms with Gasteiger partial charge in [0.1, 0.15) is 0 Å². The molecule has 0 radical (unpaired) electrons. The molecule has 0 aliphatic heterocycles. The summed E-state index contributed by atoms with van der Waals surface area (Å²) in [6.45, 7) is 14.8. The first-order valence-corrected chi connectivity index (χ1v) is 22.5. The van der Waals surface area contributed by atoms with E-state index in [0.29, 0.717) is 17.3 Å². The number of carbonyl (C=O) groups is 1. The topological polar surface area (TPSA) is 26.3 Å². The van der Waals surface area contributed by atoms with Crippen molar-refractivity contribution in [2.24, 2.45) is 46.3 Å². The number of esters is 1. The fraction of sp³-hybridized carbons (Fsp3) is 0.848. The van der Waals surface area contributed by atoms with Crippen LogP contribution in [0.3, 0.4) is 0 Å². The Morgan fingerprint density at radius 2 is 1.57 bits per heavy atom. The Hall–Kier alpha value is -0.791. The predicted molar refractivity (Wildman–Crippen MR) is 213 cm³/mol. The molecule has 0 bridgehead atoms. The second-order valence-corrected chi connectivity index (χ2v) is 19.7. The summed E-state index contributed by atoms with van der Waals surface area (Å²) >= 11 is 2.83. The summed E-state index contributed by atoms with van der Waals surface area (Å²) in [7, 11) is 0. The van der Waals surface area contributed by atoms with E-state index in [1.54, 1.807) is 5.57 Å². The van der Waals surface area contributed by atoms with Crippen LogP contribution in [0.1, 0.15) is 196 Å². The fourth-order valence-corrected chi connectivity index (χ4v) is 12.3. The van der Waals surface area contributed by atoms with Crippen molar-refractivity contribution in [3.63, 3.8) is 0 Å². The molecule has 0 aromatic rings. The molecule has 0 N–H and O–H groups in total. The number of carbonyl (C=O) groups excluding carboxylic acids is 1. The summed E-state index contributed by atoms with van der Waals surface area (Å²) in [4.78, 5) is 13.1. The zero-order chi connectivity index (χ0) is 35.3. The number of ether oxygens (including phenoxy) is 1. The first kappa shape index (κ1) is 41.0. The van der Waals surface area contributed by atoms with Gasteiger partial charge in [-0.3, -0.25) is 0 Å². The Morgan fingerprint density at radius 1 is 0.857 bits per heavy atom. The van der Waals surface area contributed by atoms with E-state index in [1.807, 2.05) is 0 Å². The molecule has 3 heteroatoms. The molecule has 0 saturated heterocycles. The van der Waals surface area contributed by atoms with E-state index in [2.05, 4.69) is 87.9 Å². The van der Waals surface area contributed by atoms with Crippen LogP contribution in [0.5, 0.6) is 0 Å². The first-order chi connectivity index (χ1) is 23.6. The van der Waals surface area contributed by atoms with E-state index in [-0.39, 0.29) is 10.5 Å². The third-order valence-corrected chi connectivity index (χ3v) is 15.3. The van der Waals surface area contributed by atoms with Gasteiger partial charge in [-0.2, -0.15) is 0 Å². The van der Waals surface area contributed by atoms with Gasteiger partial charge in [0, 0.05) is 0 Å². The molecular formula is C46H78O2Se. The van der Waals surface area contributed by atoms with E-state index in [0.717, 1.165) is 67.6 Å². The van der Waals surface area contributed by atoms with Crippen LogP contribution in [-0.4, -0.2) is 26.5 Å². The zero-order valence-corrected chi connectivity index (χ0v) is 35.0. The Labute approximate surface area is 312 Å². The summed E-state index contributed by atoms with van der Waals surface area (Å²) in [5, 5.41) is 0. The van der Waals surface area contributed by atoms with E-state index in [9.17, 15) is 4.79 Å². The van der Waals surface area contributed by atoms with Gasteiger partial charge < -0.3 is 0 Å². The third-order valence-electron chi connectivity index (χ3n) is 14.3. The Kier molecular flexibility index (Phi) is 16.6. The molecule has 0 aromatic heterocycles. The molecule has 3 saturated carbocycles. The van der Waals surface area contributed by atoms with Gasteiger partial charge in [-0.1, -0.05) is 52.2 Å². The van der Waals surface area contributed by atoms with Crippen molar-refractivity contribution >= 4 is 22.0 Å². The summed E-state index contributed by atoms with van der Waals surface area (Å²) in [6.07, 6.45) is 41.5. The van der Waals surface area contributed by atoms with Crippen molar-refractivity contribution in [3.8, 4) is 0 Å². The van der Waals surface area contributed by atoms with Crippen LogP contribution in [0, 0.1) is 46.3 Å². The Morgan fingerprint density at radius 3 is 2.29 bits per heavy atom. The van der Waals surface area contributed by atoms with Crippen LogP contribution in [0.15, 0.2) is 36.0 Å². The molecule has 1 unspecified atom stereocenters. The van der Waals surface area contributed by atoms with Gasteiger partial charge >= 0.3 is 237 Å². The number of rotatable bonds is 21. The van der Waals surface area contributed by atoms with Gasteiger partial charge in [-0.25, -0.2) is 0 Å². The standard InChI is InChI=1S/C46H78O2Se/c1-7-9-10-11-12-13-14-15-16-17-18-19-20-21-22-26-43(47)48-46(49)34-33-45(8-2)38(35-46)27-28-39-41-30-29-40(37(5)25-23-24-36(3)4)44(41,6)32-31-42(39)45/h12-13,15-16,27,36-37,39-42,49H,7-11,14,17-26,28-35H2,1-6H3/b13-12-,16-15-/t37-,39+,40-,41+,42+,44-,45+,46?/m1/s1. The van der Waals surface area contributed by atoms with E-state index in [1.165, 1.54) is 116 Å². The summed E-state index contributed by atoms with van der Waals surface area (Å²) in [5.41, 5.74) is 2.52. The summed E-state index contributed by atoms with van der Waals surface area (Å²) < 4.78 is 5.94. The molecule has 0 amide bonds. The van der Waals surface area contributed by atoms with E-state index >= 15 is 0 Å². The molecule has 0 spiro atoms. The average Bonchev–Trinajstić information content (AvgIpc) is 3.43. The molecule has 3 fully saturated rings. The van der Waals surface area contributed by atoms with Gasteiger partial charge in [0.05, 0.1) is 0 Å². The SMILES string of the molecule is CCCCC/C=C\C/C=C\CCCCCCCC(=O)OC1([SeH])CC[C@@]2(CC)C(=CC[C@@H]3[C@@H]2CC[C@]2(C)[C@@H]([C@H](C)CCCC(C)C)CC[C@@H]32)C1. The molecule has 49 heavy (non-hydrogen) atoms. The molecular weight excluding hydrogens is 663 g/mol. The van der Waals surface area contributed by atoms with Gasteiger partial charge in [-0.15, -0.1) is 0 Å². The third kappa shape index (κ3) is 10.9. The van der Waals surface area contributed by atoms with E-state index in [4.69, 9.17) is 4.74 Å². The minimum atomic E-state index is -0.383. The second kappa shape index (κ2) is 19.9. The van der Waals surface area contributed by atoms with Crippen LogP contribution < -0.4 is 0 Å². The normalized spacial score (nSPS) is 33.4. The van der Waals surface area contributed by atoms with Crippen LogP contribution in [0.25, 0.3) is 0 Å². The fourth-order valence-electron chi connectivity index (χ4n) is 11.5. The second-order valence-electron chi connectivity index (χ2n) is 18.0. The van der Waals surface area contributed by atoms with Gasteiger partial charge in [0.25, 0.3) is 0 Å². The van der Waals surface area contributed by atoms with Crippen molar-refractivity contribution in [1.29, 1.82) is 0 Å². The van der Waals surface area contributed by atoms with Crippen LogP contribution in [0.2, 0.25) is 0 Å². The Bertz CT molecular complexity index is 1090. The molecule has 4 aliphatic rings. The summed E-state index contributed by atoms with van der Waals surface area (Å²) in [5.74, 6) is 5.22. The minimum absolute atomic E-state index is 0.0255. The molecule has 4 rings (SSSR count). The quantitative estimate of drug-likeness (QED) is 0.0507. The monoisotopic (exact) mass is 743 g/mol. The molecule has 4 aliphatic carbocycles. The van der Waals surface area contributed by atoms with Crippen LogP contribution in [0.4, 0.5) is 0 Å². The molecule has 0 aromatic carbocycles. The van der Waals surface area contributed by atoms with Crippen molar-refractivity contribution < 1.29 is 9.53 Å². The number of hydrogen-bond acceptors (Lipinski definition) is 2. The summed E-state index contributed by atoms with van der Waals surface area (Å²) in [6, 6.07) is 0. The number of unbranched alkanes of at least 4 members (excludes halogenated alkanes) is 8. The Balaban J connectivity index is 1.19. The number of allylic oxidation sites excluding steroid dienone is 5. The predicted octanol–water partition coefficient (Wildman–Crippen LogP) is 13.4. The van der Waals surface area contributed by atoms with E-state index < -0.39 is 0 Å². The zero-order valence-electron chi connectivity index (χ0n) is 33.1.